The van der Waals surface area contributed by atoms with Gasteiger partial charge in [0, 0.05) is 12.8 Å². The van der Waals surface area contributed by atoms with Gasteiger partial charge in [-0.1, -0.05) is 12.7 Å². The summed E-state index contributed by atoms with van der Waals surface area (Å²) < 4.78 is 10.4. The number of hydrogen-bond donors (Lipinski definition) is 0. The molecule has 0 N–H and O–H groups in total. The van der Waals surface area contributed by atoms with Gasteiger partial charge >= 0.3 is 5.97 Å². The van der Waals surface area contributed by atoms with Crippen LogP contribution in [0.1, 0.15) is 19.3 Å². The van der Waals surface area contributed by atoms with Crippen molar-refractivity contribution in [3.8, 4) is 0 Å². The molecule has 0 aliphatic carbocycles. The van der Waals surface area contributed by atoms with Crippen molar-refractivity contribution in [2.45, 2.75) is 25.4 Å². The monoisotopic (exact) mass is 180 g/mol. The van der Waals surface area contributed by atoms with Crippen molar-refractivity contribution in [3.05, 3.63) is 24.0 Å². The van der Waals surface area contributed by atoms with Gasteiger partial charge in [-0.3, -0.25) is 0 Å². The Morgan fingerprint density at radius 2 is 2.31 bits per heavy atom. The van der Waals surface area contributed by atoms with Crippen LogP contribution in [0.5, 0.6) is 0 Å². The molecule has 1 atom stereocenters. The first-order valence-electron chi connectivity index (χ1n) is 4.49. The van der Waals surface area contributed by atoms with E-state index in [1.54, 1.807) is 6.08 Å². The summed E-state index contributed by atoms with van der Waals surface area (Å²) in [5.41, 5.74) is 0.726. The van der Waals surface area contributed by atoms with Gasteiger partial charge in [-0.25, -0.2) is 4.79 Å². The number of allylic oxidation sites excluding steroid dienone is 1. The number of cyclic esters (lactones) is 1. The Balaban J connectivity index is 2.16. The van der Waals surface area contributed by atoms with E-state index in [0.29, 0.717) is 13.0 Å². The summed E-state index contributed by atoms with van der Waals surface area (Å²) in [5.74, 6) is 0.604. The zero-order valence-electron chi connectivity index (χ0n) is 7.41. The highest BCUT2D eigenvalue weighted by Crippen LogP contribution is 2.30. The first-order chi connectivity index (χ1) is 6.31. The maximum atomic E-state index is 11.2. The molecular formula is C10H12O3. The molecule has 2 aliphatic rings. The lowest BCUT2D eigenvalue weighted by Gasteiger charge is -2.05. The van der Waals surface area contributed by atoms with E-state index < -0.39 is 0 Å². The van der Waals surface area contributed by atoms with E-state index in [2.05, 4.69) is 6.58 Å². The van der Waals surface area contributed by atoms with Crippen LogP contribution in [0.3, 0.4) is 0 Å². The molecule has 0 unspecified atom stereocenters. The lowest BCUT2D eigenvalue weighted by molar-refractivity contribution is -0.135. The topological polar surface area (TPSA) is 35.5 Å². The molecule has 2 fully saturated rings. The quantitative estimate of drug-likeness (QED) is 0.349. The van der Waals surface area contributed by atoms with Crippen LogP contribution in [0.2, 0.25) is 0 Å². The molecule has 3 nitrogen and oxygen atoms in total. The molecule has 0 saturated carbocycles. The molecule has 70 valence electrons. The fourth-order valence-corrected chi connectivity index (χ4v) is 1.65. The third-order valence-electron chi connectivity index (χ3n) is 2.38. The minimum absolute atomic E-state index is 0.0795. The third kappa shape index (κ3) is 1.46. The molecular weight excluding hydrogens is 168 g/mol. The summed E-state index contributed by atoms with van der Waals surface area (Å²) in [6.45, 7) is 4.16. The standard InChI is InChI=1S/C10H12O3/c1-2-7-3-4-9(13-7)8-5-6-12-10(8)11/h2,7H,1,3-6H2/b9-8-/t7-/m0/s1. The Morgan fingerprint density at radius 1 is 1.46 bits per heavy atom. The molecule has 0 aromatic carbocycles. The van der Waals surface area contributed by atoms with Gasteiger partial charge < -0.3 is 9.47 Å². The van der Waals surface area contributed by atoms with Crippen LogP contribution in [0.25, 0.3) is 0 Å². The van der Waals surface area contributed by atoms with E-state index in [4.69, 9.17) is 9.47 Å². The first kappa shape index (κ1) is 8.35. The number of ether oxygens (including phenoxy) is 2. The Bertz CT molecular complexity index is 278. The highest BCUT2D eigenvalue weighted by Gasteiger charge is 2.28. The van der Waals surface area contributed by atoms with Gasteiger partial charge in [-0.05, 0) is 6.42 Å². The maximum absolute atomic E-state index is 11.2. The maximum Gasteiger partial charge on any atom is 0.337 e. The van der Waals surface area contributed by atoms with Crippen LogP contribution in [-0.4, -0.2) is 18.7 Å². The lowest BCUT2D eigenvalue weighted by Crippen LogP contribution is -2.01. The van der Waals surface area contributed by atoms with Crippen molar-refractivity contribution in [3.63, 3.8) is 0 Å². The van der Waals surface area contributed by atoms with E-state index in [9.17, 15) is 4.79 Å². The summed E-state index contributed by atoms with van der Waals surface area (Å²) in [6, 6.07) is 0. The largest absolute Gasteiger partial charge is 0.490 e. The van der Waals surface area contributed by atoms with Crippen LogP contribution in [0.15, 0.2) is 24.0 Å². The van der Waals surface area contributed by atoms with Crippen molar-refractivity contribution in [1.29, 1.82) is 0 Å². The van der Waals surface area contributed by atoms with Gasteiger partial charge in [-0.15, -0.1) is 0 Å². The Morgan fingerprint density at radius 3 is 2.85 bits per heavy atom. The van der Waals surface area contributed by atoms with E-state index >= 15 is 0 Å². The van der Waals surface area contributed by atoms with Gasteiger partial charge in [-0.2, -0.15) is 0 Å². The van der Waals surface area contributed by atoms with Crippen LogP contribution < -0.4 is 0 Å². The van der Waals surface area contributed by atoms with Crippen LogP contribution >= 0.6 is 0 Å². The Hall–Kier alpha value is -1.25. The SMILES string of the molecule is C=C[C@H]1CC/C(=C2\CCOC2=O)O1. The molecule has 2 saturated heterocycles. The summed E-state index contributed by atoms with van der Waals surface area (Å²) in [4.78, 5) is 11.2. The van der Waals surface area contributed by atoms with Gasteiger partial charge in [0.1, 0.15) is 11.9 Å². The Kier molecular flexibility index (Phi) is 2.08. The molecule has 0 spiro atoms. The predicted molar refractivity (Wildman–Crippen MR) is 46.9 cm³/mol. The normalized spacial score (nSPS) is 32.9. The molecule has 0 bridgehead atoms. The fraction of sp³-hybridized carbons (Fsp3) is 0.500. The average Bonchev–Trinajstić information content (AvgIpc) is 2.71. The van der Waals surface area contributed by atoms with Crippen LogP contribution in [0.4, 0.5) is 0 Å². The highest BCUT2D eigenvalue weighted by atomic mass is 16.5. The lowest BCUT2D eigenvalue weighted by atomic mass is 10.1. The minimum atomic E-state index is -0.209. The van der Waals surface area contributed by atoms with E-state index in [1.165, 1.54) is 0 Å². The average molecular weight is 180 g/mol. The second-order valence-corrected chi connectivity index (χ2v) is 3.22. The van der Waals surface area contributed by atoms with Crippen molar-refractivity contribution in [2.75, 3.05) is 6.61 Å². The smallest absolute Gasteiger partial charge is 0.337 e. The molecule has 3 heteroatoms. The van der Waals surface area contributed by atoms with E-state index in [-0.39, 0.29) is 12.1 Å². The summed E-state index contributed by atoms with van der Waals surface area (Å²) >= 11 is 0. The Labute approximate surface area is 77.0 Å². The zero-order valence-corrected chi connectivity index (χ0v) is 7.41. The molecule has 0 aromatic rings. The van der Waals surface area contributed by atoms with Gasteiger partial charge in [0.05, 0.1) is 12.2 Å². The number of carbonyl (C=O) groups excluding carboxylic acids is 1. The number of esters is 1. The van der Waals surface area contributed by atoms with Gasteiger partial charge in [0.2, 0.25) is 0 Å². The molecule has 2 aliphatic heterocycles. The molecule has 0 radical (unpaired) electrons. The molecule has 0 amide bonds. The van der Waals surface area contributed by atoms with Crippen LogP contribution in [0, 0.1) is 0 Å². The second-order valence-electron chi connectivity index (χ2n) is 3.22. The first-order valence-corrected chi connectivity index (χ1v) is 4.49. The number of carbonyl (C=O) groups is 1. The molecule has 13 heavy (non-hydrogen) atoms. The van der Waals surface area contributed by atoms with Crippen molar-refractivity contribution in [1.82, 2.24) is 0 Å². The number of rotatable bonds is 1. The van der Waals surface area contributed by atoms with Gasteiger partial charge in [0.25, 0.3) is 0 Å². The molecule has 2 heterocycles. The third-order valence-corrected chi connectivity index (χ3v) is 2.38. The van der Waals surface area contributed by atoms with Crippen molar-refractivity contribution < 1.29 is 14.3 Å². The fourth-order valence-electron chi connectivity index (χ4n) is 1.65. The summed E-state index contributed by atoms with van der Waals surface area (Å²) in [7, 11) is 0. The van der Waals surface area contributed by atoms with Crippen molar-refractivity contribution in [2.24, 2.45) is 0 Å². The van der Waals surface area contributed by atoms with E-state index in [1.807, 2.05) is 0 Å². The summed E-state index contributed by atoms with van der Waals surface area (Å²) in [5, 5.41) is 0. The second kappa shape index (κ2) is 3.24. The zero-order chi connectivity index (χ0) is 9.26. The number of hydrogen-bond acceptors (Lipinski definition) is 3. The van der Waals surface area contributed by atoms with E-state index in [0.717, 1.165) is 24.2 Å². The minimum Gasteiger partial charge on any atom is -0.490 e. The van der Waals surface area contributed by atoms with Crippen molar-refractivity contribution >= 4 is 5.97 Å². The predicted octanol–water partition coefficient (Wildman–Crippen LogP) is 1.55. The molecule has 0 aromatic heterocycles. The molecule has 2 rings (SSSR count). The van der Waals surface area contributed by atoms with Crippen LogP contribution in [-0.2, 0) is 14.3 Å². The highest BCUT2D eigenvalue weighted by molar-refractivity contribution is 5.90. The van der Waals surface area contributed by atoms with Gasteiger partial charge in [0.15, 0.2) is 0 Å². The summed E-state index contributed by atoms with van der Waals surface area (Å²) in [6.07, 6.45) is 4.30.